The van der Waals surface area contributed by atoms with Crippen molar-refractivity contribution < 1.29 is 36.6 Å². The molecule has 2 heterocycles. The van der Waals surface area contributed by atoms with Gasteiger partial charge < -0.3 is 23.9 Å². The van der Waals surface area contributed by atoms with E-state index in [0.29, 0.717) is 16.8 Å². The molecule has 1 saturated carbocycles. The van der Waals surface area contributed by atoms with Crippen molar-refractivity contribution in [2.45, 2.75) is 58.1 Å². The number of amides is 1. The molecule has 0 aliphatic heterocycles. The first kappa shape index (κ1) is 25.6. The second-order valence-electron chi connectivity index (χ2n) is 9.95. The third-order valence-electron chi connectivity index (χ3n) is 5.30. The number of pyridine rings is 1. The Labute approximate surface area is 206 Å². The molecule has 1 aliphatic rings. The van der Waals surface area contributed by atoms with E-state index in [4.69, 9.17) is 18.6 Å². The topological polar surface area (TPSA) is 95.7 Å². The molecule has 0 saturated heterocycles. The van der Waals surface area contributed by atoms with Gasteiger partial charge in [0.25, 0.3) is 0 Å². The summed E-state index contributed by atoms with van der Waals surface area (Å²) in [5, 5.41) is 2.63. The highest BCUT2D eigenvalue weighted by molar-refractivity contribution is 5.77. The van der Waals surface area contributed by atoms with Gasteiger partial charge in [0.2, 0.25) is 11.8 Å². The molecule has 36 heavy (non-hydrogen) atoms. The third kappa shape index (κ3) is 6.58. The summed E-state index contributed by atoms with van der Waals surface area (Å²) in [7, 11) is 0. The summed E-state index contributed by atoms with van der Waals surface area (Å²) in [6.45, 7) is 7.26. The molecule has 1 aliphatic carbocycles. The zero-order valence-corrected chi connectivity index (χ0v) is 20.4. The number of carbonyl (C=O) groups excluding carboxylic acids is 1. The fourth-order valence-electron chi connectivity index (χ4n) is 3.64. The highest BCUT2D eigenvalue weighted by atomic mass is 19.3. The molecule has 8 nitrogen and oxygen atoms in total. The predicted octanol–water partition coefficient (Wildman–Crippen LogP) is 5.75. The van der Waals surface area contributed by atoms with Crippen molar-refractivity contribution in [3.8, 4) is 23.1 Å². The number of oxazole rings is 1. The Hall–Kier alpha value is -3.50. The first-order valence-electron chi connectivity index (χ1n) is 11.6. The minimum Gasteiger partial charge on any atom is -0.493 e. The number of nitrogens with zero attached hydrogens (tertiary/aromatic N) is 2. The van der Waals surface area contributed by atoms with Crippen LogP contribution in [0.5, 0.6) is 11.5 Å². The summed E-state index contributed by atoms with van der Waals surface area (Å²) in [5.41, 5.74) is 0.0993. The maximum absolute atomic E-state index is 14.8. The lowest BCUT2D eigenvalue weighted by Crippen LogP contribution is -2.40. The minimum atomic E-state index is -2.59. The summed E-state index contributed by atoms with van der Waals surface area (Å²) in [6.07, 6.45) is 0.403. The van der Waals surface area contributed by atoms with Crippen LogP contribution in [0.3, 0.4) is 0 Å². The molecule has 0 unspecified atom stereocenters. The van der Waals surface area contributed by atoms with Crippen LogP contribution < -0.4 is 14.8 Å². The normalized spacial score (nSPS) is 16.3. The maximum atomic E-state index is 14.8. The van der Waals surface area contributed by atoms with Gasteiger partial charge in [-0.2, -0.15) is 0 Å². The van der Waals surface area contributed by atoms with Crippen molar-refractivity contribution >= 4 is 17.2 Å². The van der Waals surface area contributed by atoms with Crippen molar-refractivity contribution in [3.63, 3.8) is 0 Å². The highest BCUT2D eigenvalue weighted by Crippen LogP contribution is 2.42. The van der Waals surface area contributed by atoms with Gasteiger partial charge in [0.1, 0.15) is 29.2 Å². The van der Waals surface area contributed by atoms with E-state index >= 15 is 0 Å². The summed E-state index contributed by atoms with van der Waals surface area (Å²) in [4.78, 5) is 20.2. The van der Waals surface area contributed by atoms with E-state index in [-0.39, 0.29) is 49.3 Å². The second kappa shape index (κ2) is 9.87. The average molecular weight is 508 g/mol. The quantitative estimate of drug-likeness (QED) is 0.415. The zero-order valence-electron chi connectivity index (χ0n) is 20.4. The molecule has 0 bridgehead atoms. The lowest BCUT2D eigenvalue weighted by atomic mass is 9.82. The number of fused-ring (bicyclic) bond motifs is 1. The Morgan fingerprint density at radius 3 is 2.64 bits per heavy atom. The van der Waals surface area contributed by atoms with E-state index in [1.165, 1.54) is 6.20 Å². The monoisotopic (exact) mass is 507 g/mol. The largest absolute Gasteiger partial charge is 0.493 e. The molecule has 194 valence electrons. The minimum absolute atomic E-state index is 0.0233. The molecule has 1 fully saturated rings. The molecule has 1 amide bonds. The molecular formula is C25H28F3N3O5. The van der Waals surface area contributed by atoms with Gasteiger partial charge in [-0.1, -0.05) is 0 Å². The van der Waals surface area contributed by atoms with Crippen LogP contribution in [0.1, 0.15) is 40.5 Å². The van der Waals surface area contributed by atoms with Crippen LogP contribution in [0.15, 0.2) is 34.9 Å². The summed E-state index contributed by atoms with van der Waals surface area (Å²) < 4.78 is 62.7. The number of halogens is 3. The number of alkyl carbamates (subject to hydrolysis) is 1. The number of alkyl halides is 2. The SMILES string of the molecule is C[C@@H](COc1cnc(-c2nc3ccc(OCC4CC(F)(F)C4)cc3o2)c(F)c1)NC(=O)OC(C)(C)C. The standard InChI is InChI=1S/C25H28F3N3O5/c1-14(30-23(32)36-24(2,3)4)12-33-17-7-18(26)21(29-11-17)22-31-19-6-5-16(8-20(19)35-22)34-13-15-9-25(27,28)10-15/h5-8,11,14-15H,9-10,12-13H2,1-4H3,(H,30,32)/t14-/m0/s1. The van der Waals surface area contributed by atoms with E-state index in [1.54, 1.807) is 45.9 Å². The maximum Gasteiger partial charge on any atom is 0.407 e. The number of nitrogens with one attached hydrogen (secondary N) is 1. The molecule has 3 aromatic rings. The van der Waals surface area contributed by atoms with Crippen molar-refractivity contribution in [1.82, 2.24) is 15.3 Å². The smallest absolute Gasteiger partial charge is 0.407 e. The van der Waals surface area contributed by atoms with Crippen LogP contribution in [0.2, 0.25) is 0 Å². The second-order valence-corrected chi connectivity index (χ2v) is 9.95. The van der Waals surface area contributed by atoms with Gasteiger partial charge >= 0.3 is 6.09 Å². The first-order chi connectivity index (χ1) is 16.9. The van der Waals surface area contributed by atoms with Gasteiger partial charge in [0, 0.05) is 30.9 Å². The molecule has 2 aromatic heterocycles. The van der Waals surface area contributed by atoms with Crippen LogP contribution in [0.25, 0.3) is 22.7 Å². The Bertz CT molecular complexity index is 1230. The summed E-state index contributed by atoms with van der Waals surface area (Å²) >= 11 is 0. The van der Waals surface area contributed by atoms with E-state index in [2.05, 4.69) is 15.3 Å². The molecular weight excluding hydrogens is 479 g/mol. The van der Waals surface area contributed by atoms with Gasteiger partial charge in [-0.05, 0) is 39.8 Å². The predicted molar refractivity (Wildman–Crippen MR) is 125 cm³/mol. The van der Waals surface area contributed by atoms with Crippen LogP contribution in [-0.4, -0.2) is 46.8 Å². The number of aromatic nitrogens is 2. The number of hydrogen-bond acceptors (Lipinski definition) is 7. The number of rotatable bonds is 8. The Balaban J connectivity index is 1.35. The molecule has 1 aromatic carbocycles. The third-order valence-corrected chi connectivity index (χ3v) is 5.30. The van der Waals surface area contributed by atoms with E-state index in [9.17, 15) is 18.0 Å². The van der Waals surface area contributed by atoms with E-state index in [1.807, 2.05) is 0 Å². The molecule has 11 heteroatoms. The highest BCUT2D eigenvalue weighted by Gasteiger charge is 2.45. The summed E-state index contributed by atoms with van der Waals surface area (Å²) in [6, 6.07) is 5.63. The van der Waals surface area contributed by atoms with Crippen LogP contribution >= 0.6 is 0 Å². The van der Waals surface area contributed by atoms with E-state index < -0.39 is 29.5 Å². The Morgan fingerprint density at radius 1 is 1.22 bits per heavy atom. The molecule has 4 rings (SSSR count). The van der Waals surface area contributed by atoms with Gasteiger partial charge in [-0.25, -0.2) is 27.9 Å². The molecule has 1 atom stereocenters. The van der Waals surface area contributed by atoms with Crippen molar-refractivity contribution in [1.29, 1.82) is 0 Å². The molecule has 1 N–H and O–H groups in total. The van der Waals surface area contributed by atoms with Crippen LogP contribution in [0.4, 0.5) is 18.0 Å². The fourth-order valence-corrected chi connectivity index (χ4v) is 3.64. The first-order valence-corrected chi connectivity index (χ1v) is 11.6. The van der Waals surface area contributed by atoms with Crippen molar-refractivity contribution in [3.05, 3.63) is 36.3 Å². The Morgan fingerprint density at radius 2 is 1.97 bits per heavy atom. The number of ether oxygens (including phenoxy) is 3. The molecule has 0 radical (unpaired) electrons. The Kier molecular flexibility index (Phi) is 7.01. The van der Waals surface area contributed by atoms with E-state index in [0.717, 1.165) is 6.07 Å². The summed E-state index contributed by atoms with van der Waals surface area (Å²) in [5.74, 6) is -2.88. The lowest BCUT2D eigenvalue weighted by Gasteiger charge is -2.34. The van der Waals surface area contributed by atoms with Crippen LogP contribution in [0, 0.1) is 11.7 Å². The van der Waals surface area contributed by atoms with Crippen molar-refractivity contribution in [2.24, 2.45) is 5.92 Å². The van der Waals surface area contributed by atoms with Gasteiger partial charge in [0.05, 0.1) is 18.8 Å². The zero-order chi connectivity index (χ0) is 26.1. The number of hydrogen-bond donors (Lipinski definition) is 1. The lowest BCUT2D eigenvalue weighted by molar-refractivity contribution is -0.119. The number of carbonyl (C=O) groups is 1. The average Bonchev–Trinajstić information content (AvgIpc) is 3.16. The van der Waals surface area contributed by atoms with Crippen molar-refractivity contribution in [2.75, 3.05) is 13.2 Å². The van der Waals surface area contributed by atoms with Gasteiger partial charge in [0.15, 0.2) is 17.1 Å². The van der Waals surface area contributed by atoms with Crippen LogP contribution in [-0.2, 0) is 4.74 Å². The van der Waals surface area contributed by atoms with Gasteiger partial charge in [-0.3, -0.25) is 0 Å². The molecule has 0 spiro atoms. The van der Waals surface area contributed by atoms with Gasteiger partial charge in [-0.15, -0.1) is 0 Å². The number of benzene rings is 1. The fraction of sp³-hybridized carbons (Fsp3) is 0.480.